The van der Waals surface area contributed by atoms with Gasteiger partial charge in [-0.2, -0.15) is 0 Å². The van der Waals surface area contributed by atoms with Gasteiger partial charge in [-0.1, -0.05) is 19.8 Å². The fourth-order valence-corrected chi connectivity index (χ4v) is 4.70. The van der Waals surface area contributed by atoms with Crippen molar-refractivity contribution in [3.63, 3.8) is 0 Å². The van der Waals surface area contributed by atoms with E-state index in [1.54, 1.807) is 0 Å². The Morgan fingerprint density at radius 2 is 1.76 bits per heavy atom. The van der Waals surface area contributed by atoms with Crippen LogP contribution in [0, 0.1) is 19.8 Å². The highest BCUT2D eigenvalue weighted by atomic mass is 16.2. The molecule has 6 nitrogen and oxygen atoms in total. The molecule has 0 radical (unpaired) electrons. The van der Waals surface area contributed by atoms with Gasteiger partial charge in [-0.05, 0) is 51.9 Å². The van der Waals surface area contributed by atoms with Crippen LogP contribution in [0.4, 0.5) is 0 Å². The highest BCUT2D eigenvalue weighted by molar-refractivity contribution is 5.79. The molecule has 160 valence electrons. The molecule has 1 aliphatic carbocycles. The van der Waals surface area contributed by atoms with Crippen LogP contribution in [-0.4, -0.2) is 46.3 Å². The number of nitrogens with one attached hydrogen (secondary N) is 1. The Morgan fingerprint density at radius 3 is 2.41 bits per heavy atom. The standard InChI is InChI=1S/C23H36N4O2/c1-4-11-24-21(28)14-20-16(2)25-23(26-17(20)3)19-10-7-12-27(15-19)22(29)13-18-8-5-6-9-18/h18-19H,4-15H2,1-3H3,(H,24,28). The fraction of sp³-hybridized carbons (Fsp3) is 0.739. The van der Waals surface area contributed by atoms with Crippen LogP contribution in [0.15, 0.2) is 0 Å². The number of rotatable bonds is 7. The molecule has 1 aliphatic heterocycles. The van der Waals surface area contributed by atoms with E-state index in [0.717, 1.165) is 55.1 Å². The minimum atomic E-state index is 0.0238. The normalized spacial score (nSPS) is 20.1. The predicted molar refractivity (Wildman–Crippen MR) is 114 cm³/mol. The summed E-state index contributed by atoms with van der Waals surface area (Å²) in [6.07, 6.45) is 8.94. The lowest BCUT2D eigenvalue weighted by Crippen LogP contribution is -2.40. The van der Waals surface area contributed by atoms with E-state index in [2.05, 4.69) is 5.32 Å². The molecular weight excluding hydrogens is 364 g/mol. The molecule has 1 aromatic heterocycles. The molecule has 0 bridgehead atoms. The van der Waals surface area contributed by atoms with E-state index in [-0.39, 0.29) is 11.8 Å². The topological polar surface area (TPSA) is 75.2 Å². The van der Waals surface area contributed by atoms with Crippen LogP contribution in [0.25, 0.3) is 0 Å². The summed E-state index contributed by atoms with van der Waals surface area (Å²) < 4.78 is 0. The zero-order chi connectivity index (χ0) is 20.8. The second kappa shape index (κ2) is 10.2. The highest BCUT2D eigenvalue weighted by Crippen LogP contribution is 2.30. The van der Waals surface area contributed by atoms with Gasteiger partial charge in [0.2, 0.25) is 11.8 Å². The van der Waals surface area contributed by atoms with Crippen molar-refractivity contribution in [3.8, 4) is 0 Å². The third kappa shape index (κ3) is 5.77. The van der Waals surface area contributed by atoms with Crippen LogP contribution in [0.3, 0.4) is 0 Å². The van der Waals surface area contributed by atoms with E-state index in [0.29, 0.717) is 31.2 Å². The average Bonchev–Trinajstić information content (AvgIpc) is 3.22. The van der Waals surface area contributed by atoms with Crippen molar-refractivity contribution in [3.05, 3.63) is 22.8 Å². The minimum absolute atomic E-state index is 0.0238. The Hall–Kier alpha value is -1.98. The fourth-order valence-electron chi connectivity index (χ4n) is 4.70. The van der Waals surface area contributed by atoms with E-state index in [4.69, 9.17) is 9.97 Å². The zero-order valence-corrected chi connectivity index (χ0v) is 18.3. The SMILES string of the molecule is CCCNC(=O)Cc1c(C)nc(C2CCCN(C(=O)CC3CCCC3)C2)nc1C. The second-order valence-electron chi connectivity index (χ2n) is 8.79. The number of nitrogens with zero attached hydrogens (tertiary/aromatic N) is 3. The molecule has 1 unspecified atom stereocenters. The number of aromatic nitrogens is 2. The molecule has 1 aromatic rings. The van der Waals surface area contributed by atoms with Gasteiger partial charge in [0, 0.05) is 48.9 Å². The molecule has 3 rings (SSSR count). The summed E-state index contributed by atoms with van der Waals surface area (Å²) in [6, 6.07) is 0. The Balaban J connectivity index is 1.64. The second-order valence-corrected chi connectivity index (χ2v) is 8.79. The first-order valence-electron chi connectivity index (χ1n) is 11.4. The number of hydrogen-bond donors (Lipinski definition) is 1. The monoisotopic (exact) mass is 400 g/mol. The zero-order valence-electron chi connectivity index (χ0n) is 18.3. The van der Waals surface area contributed by atoms with Gasteiger partial charge in [0.15, 0.2) is 0 Å². The first kappa shape index (κ1) is 21.7. The van der Waals surface area contributed by atoms with Crippen molar-refractivity contribution < 1.29 is 9.59 Å². The maximum absolute atomic E-state index is 12.8. The van der Waals surface area contributed by atoms with Gasteiger partial charge < -0.3 is 10.2 Å². The van der Waals surface area contributed by atoms with Crippen molar-refractivity contribution in [2.45, 2.75) is 84.5 Å². The summed E-state index contributed by atoms with van der Waals surface area (Å²) in [5.74, 6) is 1.93. The van der Waals surface area contributed by atoms with Gasteiger partial charge >= 0.3 is 0 Å². The Morgan fingerprint density at radius 1 is 1.07 bits per heavy atom. The van der Waals surface area contributed by atoms with Crippen LogP contribution in [0.2, 0.25) is 0 Å². The molecule has 1 atom stereocenters. The van der Waals surface area contributed by atoms with Crippen molar-refractivity contribution in [1.29, 1.82) is 0 Å². The van der Waals surface area contributed by atoms with Crippen LogP contribution in [-0.2, 0) is 16.0 Å². The van der Waals surface area contributed by atoms with Gasteiger partial charge in [0.25, 0.3) is 0 Å². The van der Waals surface area contributed by atoms with E-state index >= 15 is 0 Å². The van der Waals surface area contributed by atoms with Crippen LogP contribution in [0.1, 0.15) is 87.0 Å². The summed E-state index contributed by atoms with van der Waals surface area (Å²) in [5, 5.41) is 2.92. The summed E-state index contributed by atoms with van der Waals surface area (Å²) >= 11 is 0. The first-order valence-corrected chi connectivity index (χ1v) is 11.4. The summed E-state index contributed by atoms with van der Waals surface area (Å²) in [5.41, 5.74) is 2.69. The van der Waals surface area contributed by atoms with Gasteiger partial charge in [-0.25, -0.2) is 9.97 Å². The third-order valence-electron chi connectivity index (χ3n) is 6.42. The lowest BCUT2D eigenvalue weighted by molar-refractivity contribution is -0.133. The average molecular weight is 401 g/mol. The molecule has 2 fully saturated rings. The number of hydrogen-bond acceptors (Lipinski definition) is 4. The van der Waals surface area contributed by atoms with Crippen molar-refractivity contribution in [2.24, 2.45) is 5.92 Å². The van der Waals surface area contributed by atoms with E-state index in [1.807, 2.05) is 25.7 Å². The molecule has 2 heterocycles. The molecule has 6 heteroatoms. The van der Waals surface area contributed by atoms with E-state index < -0.39 is 0 Å². The maximum Gasteiger partial charge on any atom is 0.224 e. The number of amides is 2. The number of carbonyl (C=O) groups is 2. The minimum Gasteiger partial charge on any atom is -0.356 e. The van der Waals surface area contributed by atoms with Crippen molar-refractivity contribution >= 4 is 11.8 Å². The number of aryl methyl sites for hydroxylation is 2. The molecule has 1 N–H and O–H groups in total. The summed E-state index contributed by atoms with van der Waals surface area (Å²) in [4.78, 5) is 36.4. The molecule has 1 saturated carbocycles. The summed E-state index contributed by atoms with van der Waals surface area (Å²) in [7, 11) is 0. The van der Waals surface area contributed by atoms with Gasteiger partial charge in [-0.15, -0.1) is 0 Å². The van der Waals surface area contributed by atoms with Gasteiger partial charge in [0.05, 0.1) is 6.42 Å². The van der Waals surface area contributed by atoms with E-state index in [9.17, 15) is 9.59 Å². The largest absolute Gasteiger partial charge is 0.356 e. The van der Waals surface area contributed by atoms with Crippen molar-refractivity contribution in [1.82, 2.24) is 20.2 Å². The molecule has 29 heavy (non-hydrogen) atoms. The Bertz CT molecular complexity index is 705. The first-order chi connectivity index (χ1) is 14.0. The molecule has 2 aliphatic rings. The highest BCUT2D eigenvalue weighted by Gasteiger charge is 2.29. The quantitative estimate of drug-likeness (QED) is 0.761. The van der Waals surface area contributed by atoms with Crippen molar-refractivity contribution in [2.75, 3.05) is 19.6 Å². The lowest BCUT2D eigenvalue weighted by atomic mass is 9.95. The van der Waals surface area contributed by atoms with Gasteiger partial charge in [-0.3, -0.25) is 9.59 Å². The van der Waals surface area contributed by atoms with Crippen LogP contribution < -0.4 is 5.32 Å². The van der Waals surface area contributed by atoms with E-state index in [1.165, 1.54) is 25.7 Å². The number of piperidine rings is 1. The van der Waals surface area contributed by atoms with Gasteiger partial charge in [0.1, 0.15) is 5.82 Å². The Labute approximate surface area is 174 Å². The molecule has 0 aromatic carbocycles. The molecule has 2 amide bonds. The Kier molecular flexibility index (Phi) is 7.62. The van der Waals surface area contributed by atoms with Crippen LogP contribution in [0.5, 0.6) is 0 Å². The number of carbonyl (C=O) groups excluding carboxylic acids is 2. The molecule has 0 spiro atoms. The smallest absolute Gasteiger partial charge is 0.224 e. The van der Waals surface area contributed by atoms with Crippen LogP contribution >= 0.6 is 0 Å². The third-order valence-corrected chi connectivity index (χ3v) is 6.42. The number of likely N-dealkylation sites (tertiary alicyclic amines) is 1. The maximum atomic E-state index is 12.8. The predicted octanol–water partition coefficient (Wildman–Crippen LogP) is 3.45. The lowest BCUT2D eigenvalue weighted by Gasteiger charge is -2.33. The summed E-state index contributed by atoms with van der Waals surface area (Å²) in [6.45, 7) is 8.25. The molecule has 1 saturated heterocycles. The molecular formula is C23H36N4O2.